The first-order chi connectivity index (χ1) is 10.1. The Morgan fingerprint density at radius 3 is 2.62 bits per heavy atom. The molecule has 2 heterocycles. The minimum Gasteiger partial charge on any atom is -0.389 e. The fourth-order valence-electron chi connectivity index (χ4n) is 3.46. The zero-order chi connectivity index (χ0) is 14.8. The van der Waals surface area contributed by atoms with Crippen LogP contribution in [0.4, 0.5) is 5.69 Å². The third-order valence-electron chi connectivity index (χ3n) is 4.64. The first-order valence-electron chi connectivity index (χ1n) is 7.73. The first-order valence-corrected chi connectivity index (χ1v) is 8.52. The second kappa shape index (κ2) is 6.51. The predicted octanol–water partition coefficient (Wildman–Crippen LogP) is 3.04. The molecule has 0 saturated carbocycles. The van der Waals surface area contributed by atoms with Crippen LogP contribution in [0.5, 0.6) is 0 Å². The van der Waals surface area contributed by atoms with E-state index in [0.717, 1.165) is 29.4 Å². The summed E-state index contributed by atoms with van der Waals surface area (Å²) < 4.78 is 0. The van der Waals surface area contributed by atoms with E-state index in [1.54, 1.807) is 0 Å². The third kappa shape index (κ3) is 3.33. The van der Waals surface area contributed by atoms with Gasteiger partial charge >= 0.3 is 0 Å². The number of hydrogen-bond acceptors (Lipinski definition) is 3. The summed E-state index contributed by atoms with van der Waals surface area (Å²) in [6, 6.07) is 6.58. The number of benzene rings is 1. The van der Waals surface area contributed by atoms with Gasteiger partial charge in [0.05, 0.1) is 10.7 Å². The fraction of sp³-hybridized carbons (Fsp3) is 0.562. The molecule has 114 valence electrons. The lowest BCUT2D eigenvalue weighted by atomic mass is 10.1. The Balaban J connectivity index is 1.69. The number of rotatable bonds is 3. The van der Waals surface area contributed by atoms with Crippen LogP contribution in [0.2, 0.25) is 5.02 Å². The van der Waals surface area contributed by atoms with E-state index < -0.39 is 0 Å². The highest BCUT2D eigenvalue weighted by Gasteiger charge is 2.29. The molecule has 2 fully saturated rings. The molecule has 1 unspecified atom stereocenters. The average Bonchev–Trinajstić information content (AvgIpc) is 2.97. The molecule has 0 aromatic heterocycles. The lowest BCUT2D eigenvalue weighted by Gasteiger charge is -2.32. The molecule has 21 heavy (non-hydrogen) atoms. The molecule has 2 aliphatic heterocycles. The largest absolute Gasteiger partial charge is 0.389 e. The smallest absolute Gasteiger partial charge is 0.104 e. The van der Waals surface area contributed by atoms with Gasteiger partial charge in [0, 0.05) is 24.7 Å². The third-order valence-corrected chi connectivity index (χ3v) is 5.18. The highest BCUT2D eigenvalue weighted by molar-refractivity contribution is 7.80. The maximum atomic E-state index is 6.42. The van der Waals surface area contributed by atoms with E-state index in [4.69, 9.17) is 29.6 Å². The molecule has 2 N–H and O–H groups in total. The molecule has 2 saturated heterocycles. The second-order valence-corrected chi connectivity index (χ2v) is 6.86. The summed E-state index contributed by atoms with van der Waals surface area (Å²) in [4.78, 5) is 5.45. The molecule has 5 heteroatoms. The Kier molecular flexibility index (Phi) is 4.67. The standard InChI is InChI=1S/C16H22ClN3S/c17-14-10-12(16(18)21)4-5-15(14)20-9-6-13(11-20)19-7-2-1-3-8-19/h4-5,10,13H,1-3,6-9,11H2,(H2,18,21). The fourth-order valence-corrected chi connectivity index (χ4v) is 3.89. The molecule has 0 amide bonds. The molecule has 1 aromatic carbocycles. The lowest BCUT2D eigenvalue weighted by Crippen LogP contribution is -2.40. The van der Waals surface area contributed by atoms with Gasteiger partial charge in [-0.25, -0.2) is 0 Å². The first kappa shape index (κ1) is 15.1. The zero-order valence-electron chi connectivity index (χ0n) is 12.2. The van der Waals surface area contributed by atoms with Gasteiger partial charge in [-0.2, -0.15) is 0 Å². The Bertz CT molecular complexity index is 528. The van der Waals surface area contributed by atoms with Gasteiger partial charge in [0.15, 0.2) is 0 Å². The van der Waals surface area contributed by atoms with Gasteiger partial charge in [-0.05, 0) is 50.6 Å². The Labute approximate surface area is 137 Å². The predicted molar refractivity (Wildman–Crippen MR) is 93.4 cm³/mol. The summed E-state index contributed by atoms with van der Waals surface area (Å²) in [6.07, 6.45) is 5.31. The van der Waals surface area contributed by atoms with Crippen molar-refractivity contribution in [1.82, 2.24) is 4.90 Å². The van der Waals surface area contributed by atoms with Gasteiger partial charge in [0.25, 0.3) is 0 Å². The molecule has 1 aromatic rings. The molecule has 0 spiro atoms. The topological polar surface area (TPSA) is 32.5 Å². The SMILES string of the molecule is NC(=S)c1ccc(N2CCC(N3CCCCC3)C2)c(Cl)c1. The molecule has 0 aliphatic carbocycles. The summed E-state index contributed by atoms with van der Waals surface area (Å²) in [7, 11) is 0. The Morgan fingerprint density at radius 2 is 1.95 bits per heavy atom. The van der Waals surface area contributed by atoms with Crippen molar-refractivity contribution in [3.63, 3.8) is 0 Å². The van der Waals surface area contributed by atoms with E-state index in [-0.39, 0.29) is 0 Å². The van der Waals surface area contributed by atoms with Crippen molar-refractivity contribution in [3.05, 3.63) is 28.8 Å². The molecular weight excluding hydrogens is 302 g/mol. The number of hydrogen-bond donors (Lipinski definition) is 1. The minimum absolute atomic E-state index is 0.399. The van der Waals surface area contributed by atoms with Gasteiger partial charge in [-0.15, -0.1) is 0 Å². The minimum atomic E-state index is 0.399. The zero-order valence-corrected chi connectivity index (χ0v) is 13.8. The van der Waals surface area contributed by atoms with Gasteiger partial charge < -0.3 is 10.6 Å². The highest BCUT2D eigenvalue weighted by atomic mass is 35.5. The molecule has 3 nitrogen and oxygen atoms in total. The van der Waals surface area contributed by atoms with E-state index in [1.807, 2.05) is 12.1 Å². The molecule has 2 aliphatic rings. The normalized spacial score (nSPS) is 23.5. The van der Waals surface area contributed by atoms with Crippen molar-refractivity contribution >= 4 is 34.5 Å². The van der Waals surface area contributed by atoms with Crippen LogP contribution in [0, 0.1) is 0 Å². The van der Waals surface area contributed by atoms with Crippen molar-refractivity contribution in [2.24, 2.45) is 5.73 Å². The number of thiocarbonyl (C=S) groups is 1. The number of halogens is 1. The van der Waals surface area contributed by atoms with E-state index in [1.165, 1.54) is 38.8 Å². The van der Waals surface area contributed by atoms with Gasteiger partial charge in [-0.1, -0.05) is 30.2 Å². The molecule has 3 rings (SSSR count). The van der Waals surface area contributed by atoms with Crippen LogP contribution in [0.1, 0.15) is 31.2 Å². The van der Waals surface area contributed by atoms with Crippen molar-refractivity contribution in [2.45, 2.75) is 31.7 Å². The van der Waals surface area contributed by atoms with E-state index in [9.17, 15) is 0 Å². The van der Waals surface area contributed by atoms with Crippen LogP contribution in [0.15, 0.2) is 18.2 Å². The second-order valence-electron chi connectivity index (χ2n) is 6.02. The van der Waals surface area contributed by atoms with Gasteiger partial charge in [-0.3, -0.25) is 4.90 Å². The van der Waals surface area contributed by atoms with E-state index in [0.29, 0.717) is 11.0 Å². The summed E-state index contributed by atoms with van der Waals surface area (Å²) in [5.74, 6) is 0. The number of likely N-dealkylation sites (tertiary alicyclic amines) is 1. The molecular formula is C16H22ClN3S. The van der Waals surface area contributed by atoms with Crippen LogP contribution in [0.25, 0.3) is 0 Å². The van der Waals surface area contributed by atoms with E-state index in [2.05, 4.69) is 15.9 Å². The summed E-state index contributed by atoms with van der Waals surface area (Å²) in [5, 5.41) is 0.750. The number of piperidine rings is 1. The number of nitrogens with two attached hydrogens (primary N) is 1. The number of nitrogens with zero attached hydrogens (tertiary/aromatic N) is 2. The van der Waals surface area contributed by atoms with Crippen molar-refractivity contribution < 1.29 is 0 Å². The van der Waals surface area contributed by atoms with Gasteiger partial charge in [0.1, 0.15) is 4.99 Å². The summed E-state index contributed by atoms with van der Waals surface area (Å²) in [5.41, 5.74) is 7.60. The van der Waals surface area contributed by atoms with Gasteiger partial charge in [0.2, 0.25) is 0 Å². The highest BCUT2D eigenvalue weighted by Crippen LogP contribution is 2.31. The quantitative estimate of drug-likeness (QED) is 0.867. The Morgan fingerprint density at radius 1 is 1.19 bits per heavy atom. The number of anilines is 1. The van der Waals surface area contributed by atoms with Crippen LogP contribution in [0.3, 0.4) is 0 Å². The Hall–Kier alpha value is -0.840. The van der Waals surface area contributed by atoms with Crippen molar-refractivity contribution in [1.29, 1.82) is 0 Å². The molecule has 0 radical (unpaired) electrons. The van der Waals surface area contributed by atoms with Crippen LogP contribution in [-0.2, 0) is 0 Å². The maximum absolute atomic E-state index is 6.42. The maximum Gasteiger partial charge on any atom is 0.104 e. The average molecular weight is 324 g/mol. The van der Waals surface area contributed by atoms with E-state index >= 15 is 0 Å². The summed E-state index contributed by atoms with van der Waals surface area (Å²) in [6.45, 7) is 4.67. The van der Waals surface area contributed by atoms with Crippen LogP contribution >= 0.6 is 23.8 Å². The van der Waals surface area contributed by atoms with Crippen molar-refractivity contribution in [3.8, 4) is 0 Å². The molecule has 0 bridgehead atoms. The van der Waals surface area contributed by atoms with Crippen molar-refractivity contribution in [2.75, 3.05) is 31.1 Å². The monoisotopic (exact) mass is 323 g/mol. The molecule has 1 atom stereocenters. The van der Waals surface area contributed by atoms with Crippen LogP contribution in [-0.4, -0.2) is 42.1 Å². The summed E-state index contributed by atoms with van der Waals surface area (Å²) >= 11 is 11.4. The van der Waals surface area contributed by atoms with Crippen LogP contribution < -0.4 is 10.6 Å². The lowest BCUT2D eigenvalue weighted by molar-refractivity contribution is 0.175.